The van der Waals surface area contributed by atoms with Crippen LogP contribution in [-0.4, -0.2) is 35.7 Å². The van der Waals surface area contributed by atoms with Crippen molar-refractivity contribution in [1.82, 2.24) is 4.90 Å². The number of hydrogen-bond donors (Lipinski definition) is 1. The van der Waals surface area contributed by atoms with Gasteiger partial charge in [0.25, 0.3) is 0 Å². The second-order valence-electron chi connectivity index (χ2n) is 3.63. The zero-order chi connectivity index (χ0) is 7.78. The van der Waals surface area contributed by atoms with Crippen molar-refractivity contribution in [2.75, 3.05) is 20.2 Å². The molecule has 0 amide bonds. The quantitative estimate of drug-likeness (QED) is 0.584. The van der Waals surface area contributed by atoms with Crippen LogP contribution in [0.2, 0.25) is 0 Å². The van der Waals surface area contributed by atoms with Gasteiger partial charge in [0.2, 0.25) is 0 Å². The molecule has 1 saturated heterocycles. The summed E-state index contributed by atoms with van der Waals surface area (Å²) in [7, 11) is 2.08. The molecule has 1 fully saturated rings. The van der Waals surface area contributed by atoms with E-state index >= 15 is 0 Å². The first-order valence-corrected chi connectivity index (χ1v) is 3.93. The van der Waals surface area contributed by atoms with Crippen molar-refractivity contribution in [2.24, 2.45) is 5.92 Å². The molecule has 60 valence electrons. The van der Waals surface area contributed by atoms with Gasteiger partial charge in [-0.3, -0.25) is 4.90 Å². The molecule has 0 radical (unpaired) electrons. The Balaban J connectivity index is 2.70. The SMILES string of the molecule is CC1CCN(C)C1(C)CO. The minimum atomic E-state index is 0.0417. The monoisotopic (exact) mass is 143 g/mol. The Morgan fingerprint density at radius 2 is 2.30 bits per heavy atom. The van der Waals surface area contributed by atoms with Crippen LogP contribution in [-0.2, 0) is 0 Å². The standard InChI is InChI=1S/C8H17NO/c1-7-4-5-9(3)8(7,2)6-10/h7,10H,4-6H2,1-3H3. The molecule has 2 heteroatoms. The Kier molecular flexibility index (Phi) is 2.02. The topological polar surface area (TPSA) is 23.5 Å². The summed E-state index contributed by atoms with van der Waals surface area (Å²) in [4.78, 5) is 2.25. The van der Waals surface area contributed by atoms with Gasteiger partial charge in [-0.15, -0.1) is 0 Å². The van der Waals surface area contributed by atoms with Crippen molar-refractivity contribution in [3.63, 3.8) is 0 Å². The van der Waals surface area contributed by atoms with Gasteiger partial charge in [-0.2, -0.15) is 0 Å². The largest absolute Gasteiger partial charge is 0.394 e. The van der Waals surface area contributed by atoms with Gasteiger partial charge in [-0.05, 0) is 32.9 Å². The van der Waals surface area contributed by atoms with Crippen molar-refractivity contribution >= 4 is 0 Å². The van der Waals surface area contributed by atoms with E-state index in [9.17, 15) is 0 Å². The molecule has 1 heterocycles. The number of nitrogens with zero attached hydrogens (tertiary/aromatic N) is 1. The van der Waals surface area contributed by atoms with Crippen LogP contribution in [0.15, 0.2) is 0 Å². The lowest BCUT2D eigenvalue weighted by Crippen LogP contribution is -2.45. The predicted molar refractivity (Wildman–Crippen MR) is 41.9 cm³/mol. The number of aliphatic hydroxyl groups is 1. The fraction of sp³-hybridized carbons (Fsp3) is 1.00. The molecule has 2 unspecified atom stereocenters. The van der Waals surface area contributed by atoms with E-state index in [1.165, 1.54) is 6.42 Å². The second kappa shape index (κ2) is 2.51. The summed E-state index contributed by atoms with van der Waals surface area (Å²) in [6, 6.07) is 0. The van der Waals surface area contributed by atoms with Crippen molar-refractivity contribution in [3.05, 3.63) is 0 Å². The van der Waals surface area contributed by atoms with Gasteiger partial charge in [-0.25, -0.2) is 0 Å². The summed E-state index contributed by atoms with van der Waals surface area (Å²) >= 11 is 0. The molecule has 2 nitrogen and oxygen atoms in total. The maximum atomic E-state index is 9.12. The van der Waals surface area contributed by atoms with Crippen LogP contribution in [0.3, 0.4) is 0 Å². The van der Waals surface area contributed by atoms with E-state index in [-0.39, 0.29) is 12.1 Å². The molecule has 0 bridgehead atoms. The molecule has 10 heavy (non-hydrogen) atoms. The van der Waals surface area contributed by atoms with E-state index in [0.29, 0.717) is 5.92 Å². The average Bonchev–Trinajstić information content (AvgIpc) is 2.18. The molecule has 1 rings (SSSR count). The molecule has 2 atom stereocenters. The fourth-order valence-corrected chi connectivity index (χ4v) is 1.61. The molecule has 0 spiro atoms. The molecule has 1 aliphatic heterocycles. The van der Waals surface area contributed by atoms with E-state index in [1.807, 2.05) is 0 Å². The minimum Gasteiger partial charge on any atom is -0.394 e. The highest BCUT2D eigenvalue weighted by Gasteiger charge is 2.39. The molecular formula is C8H17NO. The second-order valence-corrected chi connectivity index (χ2v) is 3.63. The summed E-state index contributed by atoms with van der Waals surface area (Å²) in [5.41, 5.74) is 0.0417. The van der Waals surface area contributed by atoms with Gasteiger partial charge in [0.15, 0.2) is 0 Å². The number of rotatable bonds is 1. The molecular weight excluding hydrogens is 126 g/mol. The molecule has 0 aromatic heterocycles. The van der Waals surface area contributed by atoms with Crippen LogP contribution in [0.25, 0.3) is 0 Å². The third-order valence-corrected chi connectivity index (χ3v) is 3.15. The third-order valence-electron chi connectivity index (χ3n) is 3.15. The first-order chi connectivity index (χ1) is 4.61. The lowest BCUT2D eigenvalue weighted by Gasteiger charge is -2.33. The Hall–Kier alpha value is -0.0800. The predicted octanol–water partition coefficient (Wildman–Crippen LogP) is 0.709. The van der Waals surface area contributed by atoms with Gasteiger partial charge >= 0.3 is 0 Å². The Morgan fingerprint density at radius 1 is 1.70 bits per heavy atom. The highest BCUT2D eigenvalue weighted by atomic mass is 16.3. The van der Waals surface area contributed by atoms with Crippen LogP contribution in [0.1, 0.15) is 20.3 Å². The van der Waals surface area contributed by atoms with Crippen LogP contribution in [0.4, 0.5) is 0 Å². The average molecular weight is 143 g/mol. The number of likely N-dealkylation sites (tertiary alicyclic amines) is 1. The first-order valence-electron chi connectivity index (χ1n) is 3.93. The van der Waals surface area contributed by atoms with E-state index in [2.05, 4.69) is 25.8 Å². The summed E-state index contributed by atoms with van der Waals surface area (Å²) in [6.45, 7) is 5.74. The van der Waals surface area contributed by atoms with Crippen molar-refractivity contribution in [3.8, 4) is 0 Å². The smallest absolute Gasteiger partial charge is 0.0615 e. The molecule has 1 aliphatic rings. The van der Waals surface area contributed by atoms with E-state index in [0.717, 1.165) is 6.54 Å². The Morgan fingerprint density at radius 3 is 2.50 bits per heavy atom. The third kappa shape index (κ3) is 0.956. The van der Waals surface area contributed by atoms with Crippen LogP contribution >= 0.6 is 0 Å². The summed E-state index contributed by atoms with van der Waals surface area (Å²) in [6.07, 6.45) is 1.22. The molecule has 1 N–H and O–H groups in total. The number of hydrogen-bond acceptors (Lipinski definition) is 2. The normalized spacial score (nSPS) is 42.6. The minimum absolute atomic E-state index is 0.0417. The summed E-state index contributed by atoms with van der Waals surface area (Å²) in [5, 5.41) is 9.12. The van der Waals surface area contributed by atoms with Gasteiger partial charge in [-0.1, -0.05) is 6.92 Å². The zero-order valence-corrected chi connectivity index (χ0v) is 7.09. The van der Waals surface area contributed by atoms with Gasteiger partial charge < -0.3 is 5.11 Å². The molecule has 0 aromatic carbocycles. The van der Waals surface area contributed by atoms with Gasteiger partial charge in [0.05, 0.1) is 6.61 Å². The van der Waals surface area contributed by atoms with Crippen LogP contribution in [0, 0.1) is 5.92 Å². The highest BCUT2D eigenvalue weighted by Crippen LogP contribution is 2.32. The zero-order valence-electron chi connectivity index (χ0n) is 7.09. The Bertz CT molecular complexity index is 114. The lowest BCUT2D eigenvalue weighted by atomic mass is 9.89. The van der Waals surface area contributed by atoms with E-state index < -0.39 is 0 Å². The van der Waals surface area contributed by atoms with Crippen LogP contribution in [0.5, 0.6) is 0 Å². The number of likely N-dealkylation sites (N-methyl/N-ethyl adjacent to an activating group) is 1. The molecule has 0 saturated carbocycles. The van der Waals surface area contributed by atoms with Crippen LogP contribution < -0.4 is 0 Å². The fourth-order valence-electron chi connectivity index (χ4n) is 1.61. The first kappa shape index (κ1) is 8.02. The summed E-state index contributed by atoms with van der Waals surface area (Å²) in [5.74, 6) is 0.627. The molecule has 0 aliphatic carbocycles. The van der Waals surface area contributed by atoms with Crippen molar-refractivity contribution in [1.29, 1.82) is 0 Å². The van der Waals surface area contributed by atoms with Crippen molar-refractivity contribution < 1.29 is 5.11 Å². The molecule has 0 aromatic rings. The number of aliphatic hydroxyl groups excluding tert-OH is 1. The maximum absolute atomic E-state index is 9.12. The Labute approximate surface area is 62.8 Å². The van der Waals surface area contributed by atoms with Gasteiger partial charge in [0, 0.05) is 5.54 Å². The lowest BCUT2D eigenvalue weighted by molar-refractivity contribution is 0.0729. The highest BCUT2D eigenvalue weighted by molar-refractivity contribution is 4.94. The van der Waals surface area contributed by atoms with E-state index in [4.69, 9.17) is 5.11 Å². The summed E-state index contributed by atoms with van der Waals surface area (Å²) < 4.78 is 0. The van der Waals surface area contributed by atoms with Gasteiger partial charge in [0.1, 0.15) is 0 Å². The maximum Gasteiger partial charge on any atom is 0.0615 e. The van der Waals surface area contributed by atoms with Crippen molar-refractivity contribution in [2.45, 2.75) is 25.8 Å². The van der Waals surface area contributed by atoms with E-state index in [1.54, 1.807) is 0 Å².